The van der Waals surface area contributed by atoms with E-state index in [1.807, 2.05) is 6.92 Å². The number of alkyl halides is 2. The van der Waals surface area contributed by atoms with Gasteiger partial charge in [0, 0.05) is 11.1 Å². The van der Waals surface area contributed by atoms with Crippen molar-refractivity contribution in [2.24, 2.45) is 0 Å². The Morgan fingerprint density at radius 1 is 1.15 bits per heavy atom. The van der Waals surface area contributed by atoms with E-state index in [4.69, 9.17) is 23.2 Å². The number of imidazole rings is 1. The zero-order valence-electron chi connectivity index (χ0n) is 17.9. The van der Waals surface area contributed by atoms with Gasteiger partial charge in [-0.1, -0.05) is 53.5 Å². The van der Waals surface area contributed by atoms with Gasteiger partial charge in [0.1, 0.15) is 22.8 Å². The van der Waals surface area contributed by atoms with Crippen molar-refractivity contribution in [1.82, 2.24) is 9.97 Å². The molecule has 0 saturated heterocycles. The first-order valence-electron chi connectivity index (χ1n) is 10.3. The van der Waals surface area contributed by atoms with Crippen LogP contribution in [0.5, 0.6) is 5.75 Å². The third-order valence-corrected chi connectivity index (χ3v) is 7.37. The Morgan fingerprint density at radius 2 is 1.85 bits per heavy atom. The lowest BCUT2D eigenvalue weighted by molar-refractivity contribution is -0.0494. The number of para-hydroxylation sites is 1. The van der Waals surface area contributed by atoms with E-state index in [0.717, 1.165) is 5.56 Å². The highest BCUT2D eigenvalue weighted by atomic mass is 35.5. The summed E-state index contributed by atoms with van der Waals surface area (Å²) >= 11 is 12.1. The predicted molar refractivity (Wildman–Crippen MR) is 131 cm³/mol. The lowest BCUT2D eigenvalue weighted by Crippen LogP contribution is -2.09. The molecule has 2 N–H and O–H groups in total. The summed E-state index contributed by atoms with van der Waals surface area (Å²) in [6, 6.07) is 15.0. The lowest BCUT2D eigenvalue weighted by Gasteiger charge is -2.13. The number of ether oxygens (including phenoxy) is 1. The SMILES string of the molecule is CC[S+]([O-])c1ccc(C(CO)c2nc3c(Cl)c(-c4ccccc4OC(F)F)c(Cl)cc3[nH]2)cc1. The number of aliphatic hydroxyl groups is 1. The zero-order chi connectivity index (χ0) is 24.4. The molecule has 0 fully saturated rings. The van der Waals surface area contributed by atoms with Gasteiger partial charge in [-0.2, -0.15) is 8.78 Å². The second kappa shape index (κ2) is 10.5. The molecule has 0 aliphatic carbocycles. The number of aromatic amines is 1. The van der Waals surface area contributed by atoms with Crippen molar-refractivity contribution in [3.63, 3.8) is 0 Å². The summed E-state index contributed by atoms with van der Waals surface area (Å²) in [6.07, 6.45) is 0. The molecule has 0 saturated carbocycles. The summed E-state index contributed by atoms with van der Waals surface area (Å²) in [5.74, 6) is 0.409. The molecule has 0 aliphatic heterocycles. The number of nitrogens with one attached hydrogen (secondary N) is 1. The Hall–Kier alpha value is -2.36. The number of nitrogens with zero attached hydrogens (tertiary/aromatic N) is 1. The Bertz CT molecular complexity index is 1300. The Balaban J connectivity index is 1.77. The number of hydrogen-bond acceptors (Lipinski definition) is 4. The van der Waals surface area contributed by atoms with E-state index in [0.29, 0.717) is 38.6 Å². The number of rotatable bonds is 8. The van der Waals surface area contributed by atoms with Crippen molar-refractivity contribution in [3.05, 3.63) is 76.0 Å². The average molecular weight is 525 g/mol. The largest absolute Gasteiger partial charge is 0.611 e. The Labute approximate surface area is 207 Å². The summed E-state index contributed by atoms with van der Waals surface area (Å²) < 4.78 is 42.5. The number of aromatic nitrogens is 2. The van der Waals surface area contributed by atoms with Gasteiger partial charge >= 0.3 is 6.61 Å². The molecular formula is C24H20Cl2F2N2O3S. The van der Waals surface area contributed by atoms with Crippen LogP contribution in [0.4, 0.5) is 8.78 Å². The minimum Gasteiger partial charge on any atom is -0.611 e. The molecule has 2 unspecified atom stereocenters. The maximum Gasteiger partial charge on any atom is 0.387 e. The molecule has 4 rings (SSSR count). The van der Waals surface area contributed by atoms with E-state index in [2.05, 4.69) is 14.7 Å². The molecule has 4 aromatic rings. The molecule has 3 aromatic carbocycles. The normalized spacial score (nSPS) is 13.4. The molecule has 0 aliphatic rings. The summed E-state index contributed by atoms with van der Waals surface area (Å²) in [7, 11) is 0. The van der Waals surface area contributed by atoms with E-state index in [1.165, 1.54) is 6.07 Å². The summed E-state index contributed by atoms with van der Waals surface area (Å²) in [4.78, 5) is 8.45. The van der Waals surface area contributed by atoms with Gasteiger partial charge in [-0.05, 0) is 47.9 Å². The highest BCUT2D eigenvalue weighted by Crippen LogP contribution is 2.43. The van der Waals surface area contributed by atoms with E-state index in [-0.39, 0.29) is 22.4 Å². The first-order chi connectivity index (χ1) is 16.3. The van der Waals surface area contributed by atoms with Crippen LogP contribution in [0.3, 0.4) is 0 Å². The van der Waals surface area contributed by atoms with Gasteiger partial charge < -0.3 is 19.4 Å². The second-order valence-corrected chi connectivity index (χ2v) is 9.90. The van der Waals surface area contributed by atoms with Gasteiger partial charge in [0.15, 0.2) is 4.90 Å². The molecule has 0 amide bonds. The first-order valence-corrected chi connectivity index (χ1v) is 12.4. The van der Waals surface area contributed by atoms with Gasteiger partial charge in [0.05, 0.1) is 28.1 Å². The first kappa shape index (κ1) is 24.8. The van der Waals surface area contributed by atoms with Crippen molar-refractivity contribution < 1.29 is 23.2 Å². The van der Waals surface area contributed by atoms with Gasteiger partial charge in [-0.3, -0.25) is 0 Å². The van der Waals surface area contributed by atoms with Gasteiger partial charge in [-0.15, -0.1) is 0 Å². The number of benzene rings is 3. The van der Waals surface area contributed by atoms with E-state index >= 15 is 0 Å². The molecule has 10 heteroatoms. The van der Waals surface area contributed by atoms with Crippen LogP contribution in [-0.2, 0) is 11.2 Å². The Morgan fingerprint density at radius 3 is 2.50 bits per heavy atom. The van der Waals surface area contributed by atoms with Crippen LogP contribution >= 0.6 is 23.2 Å². The van der Waals surface area contributed by atoms with E-state index in [9.17, 15) is 18.4 Å². The summed E-state index contributed by atoms with van der Waals surface area (Å²) in [5.41, 5.74) is 2.31. The fourth-order valence-electron chi connectivity index (χ4n) is 3.75. The minimum atomic E-state index is -3.01. The highest BCUT2D eigenvalue weighted by Gasteiger charge is 2.23. The monoisotopic (exact) mass is 524 g/mol. The number of aliphatic hydroxyl groups excluding tert-OH is 1. The molecular weight excluding hydrogens is 505 g/mol. The van der Waals surface area contributed by atoms with Crippen LogP contribution in [0, 0.1) is 0 Å². The van der Waals surface area contributed by atoms with Gasteiger partial charge in [-0.25, -0.2) is 4.98 Å². The number of hydrogen-bond donors (Lipinski definition) is 2. The van der Waals surface area contributed by atoms with Gasteiger partial charge in [0.25, 0.3) is 0 Å². The van der Waals surface area contributed by atoms with Crippen molar-refractivity contribution in [3.8, 4) is 16.9 Å². The smallest absolute Gasteiger partial charge is 0.387 e. The molecule has 5 nitrogen and oxygen atoms in total. The van der Waals surface area contributed by atoms with Crippen LogP contribution in [0.2, 0.25) is 10.0 Å². The van der Waals surface area contributed by atoms with Crippen LogP contribution in [0.15, 0.2) is 59.5 Å². The molecule has 2 atom stereocenters. The van der Waals surface area contributed by atoms with E-state index < -0.39 is 23.7 Å². The molecule has 1 aromatic heterocycles. The average Bonchev–Trinajstić information content (AvgIpc) is 3.24. The van der Waals surface area contributed by atoms with Crippen LogP contribution in [-0.4, -0.2) is 38.6 Å². The zero-order valence-corrected chi connectivity index (χ0v) is 20.2. The maximum atomic E-state index is 12.9. The Kier molecular flexibility index (Phi) is 7.64. The lowest BCUT2D eigenvalue weighted by atomic mass is 9.99. The molecule has 178 valence electrons. The quantitative estimate of drug-likeness (QED) is 0.261. The maximum absolute atomic E-state index is 12.9. The number of H-pyrrole nitrogens is 1. The molecule has 1 heterocycles. The number of halogens is 4. The van der Waals surface area contributed by atoms with Crippen molar-refractivity contribution >= 4 is 45.4 Å². The van der Waals surface area contributed by atoms with Gasteiger partial charge in [0.2, 0.25) is 0 Å². The fourth-order valence-corrected chi connectivity index (χ4v) is 5.23. The van der Waals surface area contributed by atoms with Crippen LogP contribution in [0.1, 0.15) is 24.2 Å². The standard InChI is InChI=1S/C24H20Cl2F2N2O3S/c1-2-34(32)14-9-7-13(8-10-14)16(12-31)23-29-18-11-17(25)20(21(26)22(18)30-23)15-5-3-4-6-19(15)33-24(27)28/h3-11,16,24,31H,2,12H2,1H3,(H,29,30). The summed E-state index contributed by atoms with van der Waals surface area (Å²) in [5, 5.41) is 10.5. The number of fused-ring (bicyclic) bond motifs is 1. The third kappa shape index (κ3) is 4.87. The third-order valence-electron chi connectivity index (χ3n) is 5.38. The second-order valence-electron chi connectivity index (χ2n) is 7.38. The van der Waals surface area contributed by atoms with Crippen molar-refractivity contribution in [2.45, 2.75) is 24.3 Å². The molecule has 34 heavy (non-hydrogen) atoms. The van der Waals surface area contributed by atoms with Crippen molar-refractivity contribution in [1.29, 1.82) is 0 Å². The van der Waals surface area contributed by atoms with E-state index in [1.54, 1.807) is 48.5 Å². The topological polar surface area (TPSA) is 81.2 Å². The fraction of sp³-hybridized carbons (Fsp3) is 0.208. The molecule has 0 bridgehead atoms. The van der Waals surface area contributed by atoms with Crippen LogP contribution in [0.25, 0.3) is 22.2 Å². The molecule has 0 radical (unpaired) electrons. The minimum absolute atomic E-state index is 0.0609. The van der Waals surface area contributed by atoms with Crippen LogP contribution < -0.4 is 4.74 Å². The molecule has 0 spiro atoms. The highest BCUT2D eigenvalue weighted by molar-refractivity contribution is 7.91. The predicted octanol–water partition coefficient (Wildman–Crippen LogP) is 6.39. The summed E-state index contributed by atoms with van der Waals surface area (Å²) in [6.45, 7) is -1.40. The van der Waals surface area contributed by atoms with Crippen molar-refractivity contribution in [2.75, 3.05) is 12.4 Å².